The number of nitrogens with zero attached hydrogens (tertiary/aromatic N) is 1. The molecule has 0 spiro atoms. The van der Waals surface area contributed by atoms with Crippen molar-refractivity contribution in [3.05, 3.63) is 77.4 Å². The topological polar surface area (TPSA) is 20.3 Å². The summed E-state index contributed by atoms with van der Waals surface area (Å²) in [7, 11) is 4.15. The van der Waals surface area contributed by atoms with Crippen LogP contribution >= 0.6 is 0 Å². The van der Waals surface area contributed by atoms with E-state index in [1.54, 1.807) is 0 Å². The molecular formula is C23H27NO. The molecule has 1 aliphatic carbocycles. The number of carbonyl (C=O) groups is 1. The van der Waals surface area contributed by atoms with Crippen LogP contribution in [0.3, 0.4) is 0 Å². The fourth-order valence-electron chi connectivity index (χ4n) is 3.83. The molecule has 2 aromatic rings. The van der Waals surface area contributed by atoms with Gasteiger partial charge in [0.15, 0.2) is 5.78 Å². The Balaban J connectivity index is 1.99. The molecule has 0 N–H and O–H groups in total. The van der Waals surface area contributed by atoms with E-state index in [9.17, 15) is 4.79 Å². The third kappa shape index (κ3) is 3.91. The zero-order valence-corrected chi connectivity index (χ0v) is 15.2. The Morgan fingerprint density at radius 2 is 1.64 bits per heavy atom. The number of allylic oxidation sites excluding steroid dienone is 1. The lowest BCUT2D eigenvalue weighted by Gasteiger charge is -2.38. The maximum absolute atomic E-state index is 13.6. The van der Waals surface area contributed by atoms with Crippen LogP contribution in [0.1, 0.15) is 36.8 Å². The Morgan fingerprint density at radius 1 is 1.00 bits per heavy atom. The van der Waals surface area contributed by atoms with Gasteiger partial charge in [-0.1, -0.05) is 60.7 Å². The Labute approximate surface area is 151 Å². The highest BCUT2D eigenvalue weighted by Crippen LogP contribution is 2.42. The van der Waals surface area contributed by atoms with Gasteiger partial charge in [-0.25, -0.2) is 0 Å². The Bertz CT molecular complexity index is 733. The number of rotatable bonds is 5. The smallest absolute Gasteiger partial charge is 0.169 e. The lowest BCUT2D eigenvalue weighted by atomic mass is 9.64. The highest BCUT2D eigenvalue weighted by molar-refractivity contribution is 6.07. The number of Topliss-reactive ketones (excluding diaryl/α,β-unsaturated/α-hetero) is 1. The summed E-state index contributed by atoms with van der Waals surface area (Å²) >= 11 is 0. The third-order valence-corrected chi connectivity index (χ3v) is 5.23. The van der Waals surface area contributed by atoms with E-state index in [1.807, 2.05) is 24.3 Å². The highest BCUT2D eigenvalue weighted by atomic mass is 16.1. The molecule has 0 heterocycles. The van der Waals surface area contributed by atoms with Crippen molar-refractivity contribution in [3.63, 3.8) is 0 Å². The van der Waals surface area contributed by atoms with Gasteiger partial charge in [-0.3, -0.25) is 4.79 Å². The molecule has 0 bridgehead atoms. The van der Waals surface area contributed by atoms with E-state index in [4.69, 9.17) is 0 Å². The largest absolute Gasteiger partial charge is 0.309 e. The van der Waals surface area contributed by atoms with E-state index >= 15 is 0 Å². The van der Waals surface area contributed by atoms with Gasteiger partial charge in [0.05, 0.1) is 5.41 Å². The molecule has 2 heteroatoms. The van der Waals surface area contributed by atoms with Crippen molar-refractivity contribution in [2.45, 2.75) is 31.1 Å². The fourth-order valence-corrected chi connectivity index (χ4v) is 3.83. The zero-order chi connectivity index (χ0) is 17.7. The van der Waals surface area contributed by atoms with Gasteiger partial charge in [-0.2, -0.15) is 0 Å². The molecule has 0 aromatic heterocycles. The number of ketones is 1. The maximum atomic E-state index is 13.6. The summed E-state index contributed by atoms with van der Waals surface area (Å²) in [6, 6.07) is 20.6. The Morgan fingerprint density at radius 3 is 2.28 bits per heavy atom. The minimum absolute atomic E-state index is 0.315. The van der Waals surface area contributed by atoms with Crippen molar-refractivity contribution in [1.29, 1.82) is 0 Å². The summed E-state index contributed by atoms with van der Waals surface area (Å²) in [5.41, 5.74) is 2.87. The normalized spacial score (nSPS) is 22.5. The van der Waals surface area contributed by atoms with Crippen LogP contribution in [0.5, 0.6) is 0 Å². The number of carbonyl (C=O) groups excluding carboxylic acids is 1. The average Bonchev–Trinajstić information content (AvgIpc) is 2.64. The van der Waals surface area contributed by atoms with Crippen LogP contribution in [-0.4, -0.2) is 31.3 Å². The average molecular weight is 333 g/mol. The van der Waals surface area contributed by atoms with Gasteiger partial charge in [0.1, 0.15) is 0 Å². The van der Waals surface area contributed by atoms with Crippen LogP contribution in [-0.2, 0) is 10.2 Å². The van der Waals surface area contributed by atoms with Gasteiger partial charge in [0.2, 0.25) is 0 Å². The van der Waals surface area contributed by atoms with Crippen molar-refractivity contribution in [2.75, 3.05) is 20.6 Å². The van der Waals surface area contributed by atoms with Crippen LogP contribution in [0.15, 0.2) is 66.2 Å². The van der Waals surface area contributed by atoms with Crippen molar-refractivity contribution in [3.8, 4) is 0 Å². The third-order valence-electron chi connectivity index (χ3n) is 5.23. The van der Waals surface area contributed by atoms with Gasteiger partial charge in [0.25, 0.3) is 0 Å². The second-order valence-corrected chi connectivity index (χ2v) is 7.26. The monoisotopic (exact) mass is 333 g/mol. The van der Waals surface area contributed by atoms with Crippen LogP contribution in [0.2, 0.25) is 0 Å². The molecule has 1 unspecified atom stereocenters. The highest BCUT2D eigenvalue weighted by Gasteiger charge is 2.43. The first-order valence-corrected chi connectivity index (χ1v) is 9.12. The molecule has 0 saturated heterocycles. The molecule has 2 nitrogen and oxygen atoms in total. The Hall–Kier alpha value is -2.19. The molecule has 1 saturated carbocycles. The summed E-state index contributed by atoms with van der Waals surface area (Å²) in [5.74, 6) is 0.315. The number of benzene rings is 2. The fraction of sp³-hybridized carbons (Fsp3) is 0.348. The van der Waals surface area contributed by atoms with E-state index in [0.29, 0.717) is 5.78 Å². The molecule has 0 radical (unpaired) electrons. The van der Waals surface area contributed by atoms with Gasteiger partial charge in [-0.05, 0) is 69.1 Å². The quantitative estimate of drug-likeness (QED) is 0.738. The molecule has 1 aliphatic rings. The molecule has 0 amide bonds. The van der Waals surface area contributed by atoms with Crippen LogP contribution in [0, 0.1) is 0 Å². The minimum atomic E-state index is -0.385. The lowest BCUT2D eigenvalue weighted by Crippen LogP contribution is -2.42. The van der Waals surface area contributed by atoms with E-state index in [1.165, 1.54) is 5.56 Å². The first-order chi connectivity index (χ1) is 12.1. The van der Waals surface area contributed by atoms with Crippen molar-refractivity contribution in [2.24, 2.45) is 0 Å². The summed E-state index contributed by atoms with van der Waals surface area (Å²) in [6.07, 6.45) is 5.84. The summed E-state index contributed by atoms with van der Waals surface area (Å²) < 4.78 is 0. The van der Waals surface area contributed by atoms with Gasteiger partial charge < -0.3 is 4.90 Å². The van der Waals surface area contributed by atoms with Crippen LogP contribution in [0.25, 0.3) is 6.08 Å². The molecule has 130 valence electrons. The zero-order valence-electron chi connectivity index (χ0n) is 15.2. The summed E-state index contributed by atoms with van der Waals surface area (Å²) in [4.78, 5) is 15.8. The second-order valence-electron chi connectivity index (χ2n) is 7.26. The Kier molecular flexibility index (Phi) is 5.50. The molecule has 1 atom stereocenters. The molecule has 0 aliphatic heterocycles. The van der Waals surface area contributed by atoms with Gasteiger partial charge >= 0.3 is 0 Å². The molecule has 3 rings (SSSR count). The minimum Gasteiger partial charge on any atom is -0.309 e. The van der Waals surface area contributed by atoms with Crippen molar-refractivity contribution in [1.82, 2.24) is 4.90 Å². The molecular weight excluding hydrogens is 306 g/mol. The van der Waals surface area contributed by atoms with Crippen molar-refractivity contribution < 1.29 is 4.79 Å². The van der Waals surface area contributed by atoms with E-state index in [2.05, 4.69) is 61.5 Å². The maximum Gasteiger partial charge on any atom is 0.169 e. The van der Waals surface area contributed by atoms with Crippen molar-refractivity contribution >= 4 is 11.9 Å². The number of hydrogen-bond acceptors (Lipinski definition) is 2. The first-order valence-electron chi connectivity index (χ1n) is 9.12. The predicted octanol–water partition coefficient (Wildman–Crippen LogP) is 4.71. The predicted molar refractivity (Wildman–Crippen MR) is 105 cm³/mol. The van der Waals surface area contributed by atoms with Crippen LogP contribution in [0.4, 0.5) is 0 Å². The van der Waals surface area contributed by atoms with Gasteiger partial charge in [-0.15, -0.1) is 0 Å². The van der Waals surface area contributed by atoms with E-state index < -0.39 is 0 Å². The second kappa shape index (κ2) is 7.79. The summed E-state index contributed by atoms with van der Waals surface area (Å²) in [6.45, 7) is 0.916. The van der Waals surface area contributed by atoms with Crippen LogP contribution < -0.4 is 0 Å². The SMILES string of the molecule is CN(C)CCC1(c2ccccc2)CCC/C(=C\c2ccccc2)C1=O. The standard InChI is InChI=1S/C23H27NO/c1-24(2)17-16-23(21-13-7-4-8-14-21)15-9-12-20(22(23)25)18-19-10-5-3-6-11-19/h3-8,10-11,13-14,18H,9,12,15-17H2,1-2H3/b20-18+. The lowest BCUT2D eigenvalue weighted by molar-refractivity contribution is -0.122. The first kappa shape index (κ1) is 17.6. The van der Waals surface area contributed by atoms with Gasteiger partial charge in [0, 0.05) is 0 Å². The number of hydrogen-bond donors (Lipinski definition) is 0. The summed E-state index contributed by atoms with van der Waals surface area (Å²) in [5, 5.41) is 0. The molecule has 25 heavy (non-hydrogen) atoms. The molecule has 1 fully saturated rings. The van der Waals surface area contributed by atoms with E-state index in [-0.39, 0.29) is 5.41 Å². The van der Waals surface area contributed by atoms with E-state index in [0.717, 1.165) is 43.4 Å². The molecule has 2 aromatic carbocycles.